The predicted molar refractivity (Wildman–Crippen MR) is 95.6 cm³/mol. The largest absolute Gasteiger partial charge is 0.484 e. The van der Waals surface area contributed by atoms with Crippen molar-refractivity contribution in [3.63, 3.8) is 0 Å². The van der Waals surface area contributed by atoms with E-state index in [0.717, 1.165) is 0 Å². The molecule has 0 bridgehead atoms. The molecule has 0 radical (unpaired) electrons. The quantitative estimate of drug-likeness (QED) is 0.696. The van der Waals surface area contributed by atoms with Crippen LogP contribution in [0.5, 0.6) is 5.75 Å². The van der Waals surface area contributed by atoms with Gasteiger partial charge in [0.1, 0.15) is 23.9 Å². The van der Waals surface area contributed by atoms with Crippen molar-refractivity contribution in [2.45, 2.75) is 6.61 Å². The van der Waals surface area contributed by atoms with Crippen molar-refractivity contribution < 1.29 is 19.1 Å². The molecule has 0 saturated carbocycles. The lowest BCUT2D eigenvalue weighted by Crippen LogP contribution is -2.20. The van der Waals surface area contributed by atoms with Crippen LogP contribution in [-0.4, -0.2) is 17.6 Å². The van der Waals surface area contributed by atoms with Crippen LogP contribution in [0.25, 0.3) is 11.3 Å². The van der Waals surface area contributed by atoms with Gasteiger partial charge in [-0.3, -0.25) is 4.79 Å². The molecule has 5 nitrogen and oxygen atoms in total. The molecule has 0 aliphatic carbocycles. The average Bonchev–Trinajstić information content (AvgIpc) is 3.10. The van der Waals surface area contributed by atoms with E-state index < -0.39 is 0 Å². The second-order valence-corrected chi connectivity index (χ2v) is 5.68. The fourth-order valence-corrected chi connectivity index (χ4v) is 2.54. The number of nitrogens with one attached hydrogen (secondary N) is 1. The van der Waals surface area contributed by atoms with Gasteiger partial charge in [0, 0.05) is 11.3 Å². The number of hydrogen-bond acceptors (Lipinski definition) is 4. The average molecular weight is 358 g/mol. The number of carbonyl (C=O) groups is 1. The highest BCUT2D eigenvalue weighted by Gasteiger charge is 2.11. The summed E-state index contributed by atoms with van der Waals surface area (Å²) >= 11 is 6.27. The zero-order valence-electron chi connectivity index (χ0n) is 13.2. The molecule has 3 rings (SSSR count). The highest BCUT2D eigenvalue weighted by Crippen LogP contribution is 2.31. The first-order valence-corrected chi connectivity index (χ1v) is 8.00. The van der Waals surface area contributed by atoms with E-state index in [9.17, 15) is 4.79 Å². The summed E-state index contributed by atoms with van der Waals surface area (Å²) in [6, 6.07) is 17.6. The van der Waals surface area contributed by atoms with Crippen molar-refractivity contribution in [1.29, 1.82) is 0 Å². The lowest BCUT2D eigenvalue weighted by Gasteiger charge is -2.09. The van der Waals surface area contributed by atoms with Crippen molar-refractivity contribution >= 4 is 23.2 Å². The van der Waals surface area contributed by atoms with Crippen LogP contribution in [0.2, 0.25) is 5.02 Å². The smallest absolute Gasteiger partial charge is 0.262 e. The number of hydrogen-bond donors (Lipinski definition) is 2. The maximum Gasteiger partial charge on any atom is 0.262 e. The van der Waals surface area contributed by atoms with Gasteiger partial charge < -0.3 is 19.6 Å². The molecule has 3 aromatic rings. The molecule has 1 heterocycles. The third kappa shape index (κ3) is 4.41. The van der Waals surface area contributed by atoms with E-state index in [1.165, 1.54) is 0 Å². The Bertz CT molecular complexity index is 861. The van der Waals surface area contributed by atoms with Crippen LogP contribution >= 0.6 is 11.6 Å². The van der Waals surface area contributed by atoms with E-state index in [4.69, 9.17) is 25.9 Å². The van der Waals surface area contributed by atoms with Gasteiger partial charge in [-0.05, 0) is 42.5 Å². The van der Waals surface area contributed by atoms with E-state index in [2.05, 4.69) is 5.32 Å². The molecule has 0 spiro atoms. The van der Waals surface area contributed by atoms with Gasteiger partial charge in [-0.15, -0.1) is 0 Å². The first-order valence-electron chi connectivity index (χ1n) is 7.63. The fraction of sp³-hybridized carbons (Fsp3) is 0.105. The van der Waals surface area contributed by atoms with Crippen LogP contribution in [0.1, 0.15) is 5.76 Å². The third-order valence-corrected chi connectivity index (χ3v) is 3.76. The van der Waals surface area contributed by atoms with Gasteiger partial charge in [-0.1, -0.05) is 29.8 Å². The van der Waals surface area contributed by atoms with Crippen molar-refractivity contribution in [1.82, 2.24) is 0 Å². The molecule has 2 N–H and O–H groups in total. The van der Waals surface area contributed by atoms with E-state index in [0.29, 0.717) is 33.5 Å². The summed E-state index contributed by atoms with van der Waals surface area (Å²) in [5.74, 6) is 1.36. The Morgan fingerprint density at radius 2 is 1.92 bits per heavy atom. The van der Waals surface area contributed by atoms with Gasteiger partial charge in [0.2, 0.25) is 0 Å². The highest BCUT2D eigenvalue weighted by atomic mass is 35.5. The van der Waals surface area contributed by atoms with Gasteiger partial charge in [-0.2, -0.15) is 0 Å². The van der Waals surface area contributed by atoms with Crippen LogP contribution in [-0.2, 0) is 11.4 Å². The first-order chi connectivity index (χ1) is 12.2. The van der Waals surface area contributed by atoms with Crippen molar-refractivity contribution in [3.8, 4) is 17.1 Å². The zero-order valence-corrected chi connectivity index (χ0v) is 14.0. The molecule has 0 aliphatic heterocycles. The summed E-state index contributed by atoms with van der Waals surface area (Å²) in [5, 5.41) is 12.2. The number of aliphatic hydroxyl groups excluding tert-OH is 1. The Morgan fingerprint density at radius 1 is 1.12 bits per heavy atom. The highest BCUT2D eigenvalue weighted by molar-refractivity contribution is 6.33. The standard InChI is InChI=1S/C19H16ClNO4/c20-17-10-13(6-8-16(17)18-9-7-15(11-22)25-18)21-19(23)12-24-14-4-2-1-3-5-14/h1-10,22H,11-12H2,(H,21,23). The molecule has 25 heavy (non-hydrogen) atoms. The number of ether oxygens (including phenoxy) is 1. The molecular formula is C19H16ClNO4. The third-order valence-electron chi connectivity index (χ3n) is 3.45. The van der Waals surface area contributed by atoms with Crippen LogP contribution in [0.15, 0.2) is 65.1 Å². The maximum atomic E-state index is 12.0. The number of amides is 1. The summed E-state index contributed by atoms with van der Waals surface area (Å²) in [7, 11) is 0. The number of para-hydroxylation sites is 1. The Kier molecular flexibility index (Phi) is 5.38. The number of carbonyl (C=O) groups excluding carboxylic acids is 1. The van der Waals surface area contributed by atoms with E-state index in [-0.39, 0.29) is 19.1 Å². The summed E-state index contributed by atoms with van der Waals surface area (Å²) in [6.07, 6.45) is 0. The topological polar surface area (TPSA) is 71.7 Å². The molecule has 0 saturated heterocycles. The van der Waals surface area contributed by atoms with Gasteiger partial charge in [0.05, 0.1) is 5.02 Å². The Labute approximate surface area is 149 Å². The van der Waals surface area contributed by atoms with E-state index in [1.54, 1.807) is 42.5 Å². The fourth-order valence-electron chi connectivity index (χ4n) is 2.26. The minimum absolute atomic E-state index is 0.0958. The van der Waals surface area contributed by atoms with Crippen molar-refractivity contribution in [2.24, 2.45) is 0 Å². The Morgan fingerprint density at radius 3 is 2.60 bits per heavy atom. The number of rotatable bonds is 6. The van der Waals surface area contributed by atoms with E-state index >= 15 is 0 Å². The molecule has 0 atom stereocenters. The SMILES string of the molecule is O=C(COc1ccccc1)Nc1ccc(-c2ccc(CO)o2)c(Cl)c1. The number of anilines is 1. The molecule has 128 valence electrons. The Hall–Kier alpha value is -2.76. The number of aliphatic hydroxyl groups is 1. The molecule has 0 unspecified atom stereocenters. The number of benzene rings is 2. The predicted octanol–water partition coefficient (Wildman–Crippen LogP) is 4.11. The zero-order chi connectivity index (χ0) is 17.6. The van der Waals surface area contributed by atoms with Gasteiger partial charge in [0.25, 0.3) is 5.91 Å². The van der Waals surface area contributed by atoms with Crippen molar-refractivity contribution in [3.05, 3.63) is 71.4 Å². The van der Waals surface area contributed by atoms with Crippen LogP contribution in [0, 0.1) is 0 Å². The van der Waals surface area contributed by atoms with Crippen LogP contribution in [0.3, 0.4) is 0 Å². The molecule has 0 fully saturated rings. The lowest BCUT2D eigenvalue weighted by molar-refractivity contribution is -0.118. The Balaban J connectivity index is 1.63. The molecule has 1 aromatic heterocycles. The summed E-state index contributed by atoms with van der Waals surface area (Å²) in [6.45, 7) is -0.269. The molecule has 6 heteroatoms. The molecule has 0 aliphatic rings. The van der Waals surface area contributed by atoms with Gasteiger partial charge >= 0.3 is 0 Å². The number of halogens is 1. The normalized spacial score (nSPS) is 10.5. The lowest BCUT2D eigenvalue weighted by atomic mass is 10.1. The van der Waals surface area contributed by atoms with Crippen molar-refractivity contribution in [2.75, 3.05) is 11.9 Å². The molecule has 2 aromatic carbocycles. The summed E-state index contributed by atoms with van der Waals surface area (Å²) in [5.41, 5.74) is 1.24. The summed E-state index contributed by atoms with van der Waals surface area (Å²) < 4.78 is 10.9. The molecular weight excluding hydrogens is 342 g/mol. The van der Waals surface area contributed by atoms with Crippen LogP contribution in [0.4, 0.5) is 5.69 Å². The molecule has 1 amide bonds. The van der Waals surface area contributed by atoms with E-state index in [1.807, 2.05) is 18.2 Å². The monoisotopic (exact) mass is 357 g/mol. The first kappa shape index (κ1) is 17.1. The van der Waals surface area contributed by atoms with Crippen LogP contribution < -0.4 is 10.1 Å². The summed E-state index contributed by atoms with van der Waals surface area (Å²) in [4.78, 5) is 12.0. The second-order valence-electron chi connectivity index (χ2n) is 5.27. The minimum Gasteiger partial charge on any atom is -0.484 e. The maximum absolute atomic E-state index is 12.0. The minimum atomic E-state index is -0.284. The number of furan rings is 1. The van der Waals surface area contributed by atoms with Gasteiger partial charge in [0.15, 0.2) is 6.61 Å². The second kappa shape index (κ2) is 7.88. The van der Waals surface area contributed by atoms with Gasteiger partial charge in [-0.25, -0.2) is 0 Å².